The Morgan fingerprint density at radius 3 is 2.53 bits per heavy atom. The lowest BCUT2D eigenvalue weighted by molar-refractivity contribution is -0.138. The topological polar surface area (TPSA) is 118 Å². The largest absolute Gasteiger partial charge is 0.507 e. The van der Waals surface area contributed by atoms with Crippen LogP contribution in [-0.2, 0) is 21.1 Å². The van der Waals surface area contributed by atoms with Crippen molar-refractivity contribution in [3.63, 3.8) is 0 Å². The van der Waals surface area contributed by atoms with E-state index in [-0.39, 0.29) is 17.1 Å². The van der Waals surface area contributed by atoms with E-state index in [2.05, 4.69) is 0 Å². The molecule has 0 saturated carbocycles. The number of phenolic OH excluding ortho intramolecular Hbond substituents is 1. The van der Waals surface area contributed by atoms with E-state index in [4.69, 9.17) is 10.8 Å². The summed E-state index contributed by atoms with van der Waals surface area (Å²) in [4.78, 5) is 10.3. The molecule has 1 aromatic rings. The molecule has 0 fully saturated rings. The van der Waals surface area contributed by atoms with Crippen LogP contribution in [-0.4, -0.2) is 36.9 Å². The maximum Gasteiger partial charge on any atom is 0.320 e. The molecule has 0 bridgehead atoms. The van der Waals surface area contributed by atoms with Gasteiger partial charge in [0.15, 0.2) is 9.84 Å². The Hall–Kier alpha value is -1.60. The highest BCUT2D eigenvalue weighted by Crippen LogP contribution is 2.23. The molecule has 0 heterocycles. The van der Waals surface area contributed by atoms with Crippen LogP contribution in [0.4, 0.5) is 0 Å². The molecule has 0 saturated heterocycles. The van der Waals surface area contributed by atoms with Crippen LogP contribution in [0.1, 0.15) is 5.56 Å². The van der Waals surface area contributed by atoms with Crippen molar-refractivity contribution in [2.24, 2.45) is 5.73 Å². The second-order valence-electron chi connectivity index (χ2n) is 3.72. The van der Waals surface area contributed by atoms with Crippen LogP contribution in [0, 0.1) is 0 Å². The summed E-state index contributed by atoms with van der Waals surface area (Å²) in [6.45, 7) is 0. The van der Waals surface area contributed by atoms with Crippen LogP contribution in [0.2, 0.25) is 0 Å². The highest BCUT2D eigenvalue weighted by Gasteiger charge is 2.17. The molecule has 17 heavy (non-hydrogen) atoms. The van der Waals surface area contributed by atoms with E-state index in [1.54, 1.807) is 0 Å². The quantitative estimate of drug-likeness (QED) is 0.686. The van der Waals surface area contributed by atoms with Crippen LogP contribution >= 0.6 is 0 Å². The summed E-state index contributed by atoms with van der Waals surface area (Å²) in [5.74, 6) is -1.53. The number of benzene rings is 1. The summed E-state index contributed by atoms with van der Waals surface area (Å²) < 4.78 is 22.6. The Bertz CT molecular complexity index is 538. The lowest BCUT2D eigenvalue weighted by Crippen LogP contribution is -2.32. The number of aromatic hydroxyl groups is 1. The van der Waals surface area contributed by atoms with Gasteiger partial charge in [0.05, 0.1) is 0 Å². The lowest BCUT2D eigenvalue weighted by Gasteiger charge is -2.08. The van der Waals surface area contributed by atoms with Gasteiger partial charge in [0.1, 0.15) is 16.7 Å². The van der Waals surface area contributed by atoms with Gasteiger partial charge in [0.2, 0.25) is 0 Å². The van der Waals surface area contributed by atoms with Crippen LogP contribution < -0.4 is 5.73 Å². The average molecular weight is 259 g/mol. The molecule has 6 nitrogen and oxygen atoms in total. The molecule has 0 aliphatic rings. The number of nitrogens with two attached hydrogens (primary N) is 1. The summed E-state index contributed by atoms with van der Waals surface area (Å²) in [6, 6.07) is 2.77. The van der Waals surface area contributed by atoms with Gasteiger partial charge in [-0.15, -0.1) is 0 Å². The van der Waals surface area contributed by atoms with Crippen molar-refractivity contribution in [1.82, 2.24) is 0 Å². The Morgan fingerprint density at radius 1 is 1.47 bits per heavy atom. The molecule has 0 aromatic heterocycles. The lowest BCUT2D eigenvalue weighted by atomic mass is 10.1. The van der Waals surface area contributed by atoms with Crippen molar-refractivity contribution in [3.8, 4) is 5.75 Å². The third kappa shape index (κ3) is 3.43. The number of carboxylic acid groups (broad SMARTS) is 1. The van der Waals surface area contributed by atoms with Crippen molar-refractivity contribution in [2.75, 3.05) is 6.26 Å². The smallest absolute Gasteiger partial charge is 0.320 e. The highest BCUT2D eigenvalue weighted by molar-refractivity contribution is 7.90. The standard InChI is InChI=1S/C10H13NO5S/c1-17(15,16)9-5-6(2-3-8(9)12)4-7(11)10(13)14/h2-3,5,7,12H,4,11H2,1H3,(H,13,14)/t7-/m0/s1. The number of carboxylic acids is 1. The van der Waals surface area contributed by atoms with Crippen molar-refractivity contribution in [1.29, 1.82) is 0 Å². The number of hydrogen-bond acceptors (Lipinski definition) is 5. The fraction of sp³-hybridized carbons (Fsp3) is 0.300. The van der Waals surface area contributed by atoms with E-state index in [1.807, 2.05) is 0 Å². The van der Waals surface area contributed by atoms with Crippen LogP contribution in [0.5, 0.6) is 5.75 Å². The Balaban J connectivity index is 3.10. The zero-order valence-electron chi connectivity index (χ0n) is 9.12. The number of hydrogen-bond donors (Lipinski definition) is 3. The molecular formula is C10H13NO5S. The van der Waals surface area contributed by atoms with Gasteiger partial charge in [-0.3, -0.25) is 4.79 Å². The average Bonchev–Trinajstić information content (AvgIpc) is 2.19. The molecule has 0 spiro atoms. The van der Waals surface area contributed by atoms with Crippen molar-refractivity contribution < 1.29 is 23.4 Å². The number of phenols is 1. The van der Waals surface area contributed by atoms with Gasteiger partial charge in [-0.25, -0.2) is 8.42 Å². The zero-order valence-corrected chi connectivity index (χ0v) is 9.94. The summed E-state index contributed by atoms with van der Waals surface area (Å²) in [7, 11) is -3.55. The molecule has 4 N–H and O–H groups in total. The second-order valence-corrected chi connectivity index (χ2v) is 5.71. The Labute approximate surface area is 98.6 Å². The maximum absolute atomic E-state index is 11.3. The molecule has 1 atom stereocenters. The molecule has 0 radical (unpaired) electrons. The van der Waals surface area contributed by atoms with Gasteiger partial charge < -0.3 is 15.9 Å². The van der Waals surface area contributed by atoms with Gasteiger partial charge in [0, 0.05) is 6.26 Å². The van der Waals surface area contributed by atoms with Crippen molar-refractivity contribution >= 4 is 15.8 Å². The number of sulfone groups is 1. The first-order valence-electron chi connectivity index (χ1n) is 4.72. The number of carbonyl (C=O) groups is 1. The van der Waals surface area contributed by atoms with Gasteiger partial charge >= 0.3 is 5.97 Å². The fourth-order valence-electron chi connectivity index (χ4n) is 1.32. The molecule has 0 aliphatic heterocycles. The minimum absolute atomic E-state index is 0.00185. The SMILES string of the molecule is CS(=O)(=O)c1cc(C[C@H](N)C(=O)O)ccc1O. The van der Waals surface area contributed by atoms with Crippen LogP contribution in [0.3, 0.4) is 0 Å². The third-order valence-corrected chi connectivity index (χ3v) is 3.32. The van der Waals surface area contributed by atoms with Gasteiger partial charge in [0.25, 0.3) is 0 Å². The zero-order chi connectivity index (χ0) is 13.2. The highest BCUT2D eigenvalue weighted by atomic mass is 32.2. The predicted molar refractivity (Wildman–Crippen MR) is 60.5 cm³/mol. The predicted octanol–water partition coefficient (Wildman–Crippen LogP) is -0.250. The summed E-state index contributed by atoms with van der Waals surface area (Å²) in [5.41, 5.74) is 5.78. The minimum atomic E-state index is -3.55. The van der Waals surface area contributed by atoms with E-state index in [0.29, 0.717) is 5.56 Å². The van der Waals surface area contributed by atoms with E-state index >= 15 is 0 Å². The van der Waals surface area contributed by atoms with Gasteiger partial charge in [-0.05, 0) is 24.1 Å². The maximum atomic E-state index is 11.3. The fourth-order valence-corrected chi connectivity index (χ4v) is 2.14. The molecule has 7 heteroatoms. The van der Waals surface area contributed by atoms with Gasteiger partial charge in [-0.1, -0.05) is 6.07 Å². The molecule has 94 valence electrons. The van der Waals surface area contributed by atoms with E-state index in [0.717, 1.165) is 6.26 Å². The molecular weight excluding hydrogens is 246 g/mol. The second kappa shape index (κ2) is 4.72. The van der Waals surface area contributed by atoms with Crippen LogP contribution in [0.25, 0.3) is 0 Å². The minimum Gasteiger partial charge on any atom is -0.507 e. The summed E-state index contributed by atoms with van der Waals surface area (Å²) in [6.07, 6.45) is 0.959. The number of aliphatic carboxylic acids is 1. The first-order chi connectivity index (χ1) is 7.71. The Morgan fingerprint density at radius 2 is 2.06 bits per heavy atom. The van der Waals surface area contributed by atoms with E-state index in [9.17, 15) is 18.3 Å². The monoisotopic (exact) mass is 259 g/mol. The van der Waals surface area contributed by atoms with Crippen molar-refractivity contribution in [3.05, 3.63) is 23.8 Å². The first-order valence-corrected chi connectivity index (χ1v) is 6.61. The molecule has 1 aromatic carbocycles. The molecule has 1 rings (SSSR count). The number of rotatable bonds is 4. The normalized spacial score (nSPS) is 13.3. The summed E-state index contributed by atoms with van der Waals surface area (Å²) >= 11 is 0. The third-order valence-electron chi connectivity index (χ3n) is 2.20. The molecule has 0 unspecified atom stereocenters. The molecule has 0 amide bonds. The Kier molecular flexibility index (Phi) is 3.74. The first kappa shape index (κ1) is 13.5. The van der Waals surface area contributed by atoms with E-state index < -0.39 is 21.8 Å². The van der Waals surface area contributed by atoms with Gasteiger partial charge in [-0.2, -0.15) is 0 Å². The van der Waals surface area contributed by atoms with Crippen LogP contribution in [0.15, 0.2) is 23.1 Å². The van der Waals surface area contributed by atoms with Crippen molar-refractivity contribution in [2.45, 2.75) is 17.4 Å². The van der Waals surface area contributed by atoms with E-state index in [1.165, 1.54) is 18.2 Å². The summed E-state index contributed by atoms with van der Waals surface area (Å²) in [5, 5.41) is 18.0. The molecule has 0 aliphatic carbocycles.